The van der Waals surface area contributed by atoms with E-state index < -0.39 is 17.5 Å². The minimum atomic E-state index is -0.902. The molecular weight excluding hydrogens is 244 g/mol. The van der Waals surface area contributed by atoms with Gasteiger partial charge in [0.15, 0.2) is 0 Å². The molecule has 0 spiro atoms. The van der Waals surface area contributed by atoms with Gasteiger partial charge in [-0.05, 0) is 19.3 Å². The fourth-order valence-electron chi connectivity index (χ4n) is 1.84. The van der Waals surface area contributed by atoms with Gasteiger partial charge in [0.1, 0.15) is 5.51 Å². The minimum absolute atomic E-state index is 0.0451. The van der Waals surface area contributed by atoms with E-state index in [2.05, 4.69) is 20.8 Å². The van der Waals surface area contributed by atoms with E-state index in [1.54, 1.807) is 0 Å². The number of carboxylic acid groups (broad SMARTS) is 1. The topological polar surface area (TPSA) is 104 Å². The molecule has 1 saturated carbocycles. The van der Waals surface area contributed by atoms with Crippen LogP contribution < -0.4 is 10.6 Å². The van der Waals surface area contributed by atoms with Gasteiger partial charge in [-0.3, -0.25) is 10.1 Å². The maximum absolute atomic E-state index is 11.6. The fraction of sp³-hybridized carbons (Fsp3) is 0.556. The van der Waals surface area contributed by atoms with Crippen LogP contribution in [0.25, 0.3) is 0 Å². The summed E-state index contributed by atoms with van der Waals surface area (Å²) in [7, 11) is 0. The predicted octanol–water partition coefficient (Wildman–Crippen LogP) is 1.06. The summed E-state index contributed by atoms with van der Waals surface area (Å²) in [6, 6.07) is -0.428. The van der Waals surface area contributed by atoms with Crippen LogP contribution in [0.3, 0.4) is 0 Å². The van der Waals surface area contributed by atoms with Gasteiger partial charge in [0.05, 0.1) is 12.0 Å². The Morgan fingerprint density at radius 2 is 2.29 bits per heavy atom. The van der Waals surface area contributed by atoms with Gasteiger partial charge < -0.3 is 10.4 Å². The molecule has 0 aliphatic heterocycles. The van der Waals surface area contributed by atoms with Crippen LogP contribution in [0, 0.1) is 0 Å². The standard InChI is InChI=1S/C9H12N4O3S/c14-6(15)4-9(2-1-3-9)12-7(16)11-8-13-10-5-17-8/h5H,1-4H2,(H,14,15)(H2,11,12,13,16). The van der Waals surface area contributed by atoms with Crippen LogP contribution >= 0.6 is 11.3 Å². The molecule has 17 heavy (non-hydrogen) atoms. The lowest BCUT2D eigenvalue weighted by Gasteiger charge is -2.41. The van der Waals surface area contributed by atoms with Crippen LogP contribution in [-0.2, 0) is 4.79 Å². The Kier molecular flexibility index (Phi) is 3.23. The highest BCUT2D eigenvalue weighted by Gasteiger charge is 2.40. The van der Waals surface area contributed by atoms with Crippen molar-refractivity contribution in [1.82, 2.24) is 15.5 Å². The Hall–Kier alpha value is -1.70. The Morgan fingerprint density at radius 3 is 2.76 bits per heavy atom. The SMILES string of the molecule is O=C(O)CC1(NC(=O)Nc2nncs2)CCC1. The van der Waals surface area contributed by atoms with Crippen LogP contribution in [0.1, 0.15) is 25.7 Å². The number of hydrogen-bond donors (Lipinski definition) is 3. The van der Waals surface area contributed by atoms with E-state index in [9.17, 15) is 9.59 Å². The number of amides is 2. The van der Waals surface area contributed by atoms with Crippen molar-refractivity contribution in [3.05, 3.63) is 5.51 Å². The molecule has 2 amide bonds. The summed E-state index contributed by atoms with van der Waals surface area (Å²) < 4.78 is 0. The van der Waals surface area contributed by atoms with Crippen molar-refractivity contribution in [2.45, 2.75) is 31.2 Å². The summed E-state index contributed by atoms with van der Waals surface area (Å²) in [5, 5.41) is 21.7. The van der Waals surface area contributed by atoms with Crippen molar-refractivity contribution in [1.29, 1.82) is 0 Å². The highest BCUT2D eigenvalue weighted by atomic mass is 32.1. The van der Waals surface area contributed by atoms with E-state index >= 15 is 0 Å². The normalized spacial score (nSPS) is 16.9. The molecule has 0 atom stereocenters. The average Bonchev–Trinajstić information content (AvgIpc) is 2.66. The molecule has 8 heteroatoms. The van der Waals surface area contributed by atoms with Crippen LogP contribution in [0.2, 0.25) is 0 Å². The molecule has 92 valence electrons. The van der Waals surface area contributed by atoms with Crippen LogP contribution in [-0.4, -0.2) is 32.8 Å². The van der Waals surface area contributed by atoms with E-state index in [-0.39, 0.29) is 6.42 Å². The lowest BCUT2D eigenvalue weighted by molar-refractivity contribution is -0.139. The van der Waals surface area contributed by atoms with E-state index in [1.807, 2.05) is 0 Å². The molecule has 1 aliphatic rings. The van der Waals surface area contributed by atoms with Gasteiger partial charge in [-0.2, -0.15) is 0 Å². The molecule has 0 aromatic carbocycles. The largest absolute Gasteiger partial charge is 0.481 e. The Morgan fingerprint density at radius 1 is 1.53 bits per heavy atom. The second kappa shape index (κ2) is 4.66. The second-order valence-corrected chi connectivity index (χ2v) is 4.86. The maximum Gasteiger partial charge on any atom is 0.321 e. The molecule has 2 rings (SSSR count). The smallest absolute Gasteiger partial charge is 0.321 e. The molecular formula is C9H12N4O3S. The quantitative estimate of drug-likeness (QED) is 0.747. The molecule has 1 aromatic heterocycles. The maximum atomic E-state index is 11.6. The second-order valence-electron chi connectivity index (χ2n) is 4.03. The number of carbonyl (C=O) groups excluding carboxylic acids is 1. The van der Waals surface area contributed by atoms with E-state index in [0.717, 1.165) is 6.42 Å². The van der Waals surface area contributed by atoms with Gasteiger partial charge in [0.25, 0.3) is 0 Å². The number of anilines is 1. The molecule has 0 unspecified atom stereocenters. The molecule has 0 bridgehead atoms. The van der Waals surface area contributed by atoms with Crippen molar-refractivity contribution in [3.63, 3.8) is 0 Å². The van der Waals surface area contributed by atoms with Crippen LogP contribution in [0.15, 0.2) is 5.51 Å². The highest BCUT2D eigenvalue weighted by molar-refractivity contribution is 7.13. The fourth-order valence-corrected chi connectivity index (χ4v) is 2.28. The third-order valence-electron chi connectivity index (χ3n) is 2.76. The van der Waals surface area contributed by atoms with Crippen molar-refractivity contribution in [2.24, 2.45) is 0 Å². The number of carbonyl (C=O) groups is 2. The zero-order chi connectivity index (χ0) is 12.3. The van der Waals surface area contributed by atoms with Crippen molar-refractivity contribution in [2.75, 3.05) is 5.32 Å². The molecule has 1 aliphatic carbocycles. The number of aliphatic carboxylic acids is 1. The zero-order valence-electron chi connectivity index (χ0n) is 8.97. The average molecular weight is 256 g/mol. The summed E-state index contributed by atoms with van der Waals surface area (Å²) in [6.07, 6.45) is 2.29. The van der Waals surface area contributed by atoms with E-state index in [0.29, 0.717) is 18.0 Å². The predicted molar refractivity (Wildman–Crippen MR) is 60.9 cm³/mol. The van der Waals surface area contributed by atoms with Gasteiger partial charge in [0.2, 0.25) is 5.13 Å². The third kappa shape index (κ3) is 2.90. The Balaban J connectivity index is 1.90. The number of nitrogens with one attached hydrogen (secondary N) is 2. The van der Waals surface area contributed by atoms with Crippen LogP contribution in [0.5, 0.6) is 0 Å². The Bertz CT molecular complexity index is 416. The van der Waals surface area contributed by atoms with Gasteiger partial charge in [-0.15, -0.1) is 10.2 Å². The highest BCUT2D eigenvalue weighted by Crippen LogP contribution is 2.34. The number of nitrogens with zero attached hydrogens (tertiary/aromatic N) is 2. The van der Waals surface area contributed by atoms with E-state index in [1.165, 1.54) is 16.8 Å². The van der Waals surface area contributed by atoms with Gasteiger partial charge in [0, 0.05) is 0 Å². The zero-order valence-corrected chi connectivity index (χ0v) is 9.79. The lowest BCUT2D eigenvalue weighted by Crippen LogP contribution is -2.55. The van der Waals surface area contributed by atoms with E-state index in [4.69, 9.17) is 5.11 Å². The van der Waals surface area contributed by atoms with Crippen LogP contribution in [0.4, 0.5) is 9.93 Å². The minimum Gasteiger partial charge on any atom is -0.481 e. The van der Waals surface area contributed by atoms with Gasteiger partial charge >= 0.3 is 12.0 Å². The number of aromatic nitrogens is 2. The summed E-state index contributed by atoms with van der Waals surface area (Å²) >= 11 is 1.21. The molecule has 1 aromatic rings. The number of urea groups is 1. The number of carboxylic acids is 1. The number of rotatable bonds is 4. The third-order valence-corrected chi connectivity index (χ3v) is 3.37. The van der Waals surface area contributed by atoms with Crippen molar-refractivity contribution in [3.8, 4) is 0 Å². The molecule has 1 fully saturated rings. The van der Waals surface area contributed by atoms with Crippen molar-refractivity contribution >= 4 is 28.5 Å². The van der Waals surface area contributed by atoms with Crippen molar-refractivity contribution < 1.29 is 14.7 Å². The van der Waals surface area contributed by atoms with Gasteiger partial charge in [-0.1, -0.05) is 11.3 Å². The first-order chi connectivity index (χ1) is 8.10. The molecule has 0 radical (unpaired) electrons. The monoisotopic (exact) mass is 256 g/mol. The summed E-state index contributed by atoms with van der Waals surface area (Å²) in [5.74, 6) is -0.902. The summed E-state index contributed by atoms with van der Waals surface area (Å²) in [4.78, 5) is 22.3. The first-order valence-electron chi connectivity index (χ1n) is 5.17. The summed E-state index contributed by atoms with van der Waals surface area (Å²) in [6.45, 7) is 0. The first-order valence-corrected chi connectivity index (χ1v) is 6.05. The molecule has 1 heterocycles. The summed E-state index contributed by atoms with van der Waals surface area (Å²) in [5.41, 5.74) is 0.909. The Labute approximate surface area is 101 Å². The first kappa shape index (κ1) is 11.8. The number of hydrogen-bond acceptors (Lipinski definition) is 5. The molecule has 3 N–H and O–H groups in total. The van der Waals surface area contributed by atoms with Gasteiger partial charge in [-0.25, -0.2) is 4.79 Å². The molecule has 7 nitrogen and oxygen atoms in total. The molecule has 0 saturated heterocycles. The lowest BCUT2D eigenvalue weighted by atomic mass is 9.74.